The first-order valence-electron chi connectivity index (χ1n) is 7.03. The number of rotatable bonds is 4. The SMILES string of the molecule is Cc1cc(C(F)(F)F)nn1CCNc1nc2c(cnn2C)c(=O)[nH]1. The van der Waals surface area contributed by atoms with Crippen LogP contribution in [0.4, 0.5) is 19.1 Å². The molecule has 8 nitrogen and oxygen atoms in total. The lowest BCUT2D eigenvalue weighted by molar-refractivity contribution is -0.141. The maximum Gasteiger partial charge on any atom is 0.435 e. The average molecular weight is 341 g/mol. The summed E-state index contributed by atoms with van der Waals surface area (Å²) in [5.41, 5.74) is -0.461. The lowest BCUT2D eigenvalue weighted by atomic mass is 10.4. The summed E-state index contributed by atoms with van der Waals surface area (Å²) in [6, 6.07) is 0.988. The zero-order valence-electron chi connectivity index (χ0n) is 12.8. The standard InChI is InChI=1S/C13H14F3N7O/c1-7-5-9(13(14,15)16)21-23(7)4-3-17-12-19-10-8(11(24)20-12)6-18-22(10)2/h5-6H,3-4H2,1-2H3,(H2,17,19,20,24). The van der Waals surface area contributed by atoms with Crippen LogP contribution in [-0.2, 0) is 19.8 Å². The van der Waals surface area contributed by atoms with Crippen molar-refractivity contribution in [2.45, 2.75) is 19.6 Å². The Morgan fingerprint density at radius 1 is 1.38 bits per heavy atom. The van der Waals surface area contributed by atoms with Gasteiger partial charge in [0.1, 0.15) is 5.39 Å². The number of H-pyrrole nitrogens is 1. The van der Waals surface area contributed by atoms with E-state index in [9.17, 15) is 18.0 Å². The highest BCUT2D eigenvalue weighted by molar-refractivity contribution is 5.74. The lowest BCUT2D eigenvalue weighted by Gasteiger charge is -2.07. The second-order valence-electron chi connectivity index (χ2n) is 5.24. The van der Waals surface area contributed by atoms with E-state index >= 15 is 0 Å². The average Bonchev–Trinajstić information content (AvgIpc) is 3.04. The summed E-state index contributed by atoms with van der Waals surface area (Å²) in [7, 11) is 1.66. The van der Waals surface area contributed by atoms with Gasteiger partial charge < -0.3 is 5.32 Å². The molecule has 0 atom stereocenters. The van der Waals surface area contributed by atoms with Crippen LogP contribution in [0.15, 0.2) is 17.1 Å². The quantitative estimate of drug-likeness (QED) is 0.746. The van der Waals surface area contributed by atoms with Gasteiger partial charge in [0.15, 0.2) is 11.3 Å². The van der Waals surface area contributed by atoms with Crippen LogP contribution in [0.2, 0.25) is 0 Å². The topological polar surface area (TPSA) is 93.4 Å². The first kappa shape index (κ1) is 16.0. The van der Waals surface area contributed by atoms with E-state index in [-0.39, 0.29) is 24.6 Å². The number of halogens is 3. The van der Waals surface area contributed by atoms with Gasteiger partial charge in [0.2, 0.25) is 5.95 Å². The minimum Gasteiger partial charge on any atom is -0.354 e. The predicted octanol–water partition coefficient (Wildman–Crippen LogP) is 1.29. The van der Waals surface area contributed by atoms with Crippen LogP contribution in [0.5, 0.6) is 0 Å². The Morgan fingerprint density at radius 3 is 2.79 bits per heavy atom. The van der Waals surface area contributed by atoms with Crippen LogP contribution in [0.3, 0.4) is 0 Å². The summed E-state index contributed by atoms with van der Waals surface area (Å²) in [5, 5.41) is 10.7. The molecule has 0 radical (unpaired) electrons. The molecule has 0 aliphatic rings. The van der Waals surface area contributed by atoms with E-state index in [4.69, 9.17) is 0 Å². The molecule has 24 heavy (non-hydrogen) atoms. The van der Waals surface area contributed by atoms with Crippen molar-refractivity contribution >= 4 is 17.0 Å². The number of hydrogen-bond donors (Lipinski definition) is 2. The highest BCUT2D eigenvalue weighted by Crippen LogP contribution is 2.28. The number of alkyl halides is 3. The summed E-state index contributed by atoms with van der Waals surface area (Å²) in [5.74, 6) is 0.219. The molecule has 0 bridgehead atoms. The van der Waals surface area contributed by atoms with Gasteiger partial charge in [-0.3, -0.25) is 19.1 Å². The number of aromatic amines is 1. The number of nitrogens with one attached hydrogen (secondary N) is 2. The summed E-state index contributed by atoms with van der Waals surface area (Å²) in [6.45, 7) is 1.98. The molecular weight excluding hydrogens is 327 g/mol. The van der Waals surface area contributed by atoms with Crippen LogP contribution in [0.25, 0.3) is 11.0 Å². The summed E-state index contributed by atoms with van der Waals surface area (Å²) < 4.78 is 40.6. The molecule has 3 heterocycles. The normalized spacial score (nSPS) is 12.0. The molecule has 0 spiro atoms. The van der Waals surface area contributed by atoms with Gasteiger partial charge in [0.05, 0.1) is 12.7 Å². The first-order valence-corrected chi connectivity index (χ1v) is 7.03. The van der Waals surface area contributed by atoms with Crippen LogP contribution >= 0.6 is 0 Å². The fraction of sp³-hybridized carbons (Fsp3) is 0.385. The maximum absolute atomic E-state index is 12.6. The predicted molar refractivity (Wildman–Crippen MR) is 79.6 cm³/mol. The number of aryl methyl sites for hydroxylation is 2. The van der Waals surface area contributed by atoms with Crippen molar-refractivity contribution in [3.05, 3.63) is 34.0 Å². The van der Waals surface area contributed by atoms with E-state index in [2.05, 4.69) is 25.5 Å². The molecule has 0 saturated carbocycles. The van der Waals surface area contributed by atoms with Gasteiger partial charge in [-0.2, -0.15) is 28.4 Å². The number of anilines is 1. The molecule has 0 fully saturated rings. The van der Waals surface area contributed by atoms with Gasteiger partial charge in [-0.05, 0) is 13.0 Å². The van der Waals surface area contributed by atoms with Crippen molar-refractivity contribution in [2.75, 3.05) is 11.9 Å². The Balaban J connectivity index is 1.72. The van der Waals surface area contributed by atoms with Crippen molar-refractivity contribution in [2.24, 2.45) is 7.05 Å². The Bertz CT molecular complexity index is 937. The van der Waals surface area contributed by atoms with Crippen molar-refractivity contribution < 1.29 is 13.2 Å². The molecule has 3 rings (SSSR count). The highest BCUT2D eigenvalue weighted by Gasteiger charge is 2.34. The van der Waals surface area contributed by atoms with Gasteiger partial charge >= 0.3 is 6.18 Å². The molecule has 0 unspecified atom stereocenters. The molecule has 3 aromatic heterocycles. The largest absolute Gasteiger partial charge is 0.435 e. The van der Waals surface area contributed by atoms with Crippen molar-refractivity contribution in [1.29, 1.82) is 0 Å². The van der Waals surface area contributed by atoms with E-state index < -0.39 is 11.9 Å². The third kappa shape index (κ3) is 2.96. The first-order chi connectivity index (χ1) is 11.3. The second-order valence-corrected chi connectivity index (χ2v) is 5.24. The molecule has 0 amide bonds. The van der Waals surface area contributed by atoms with Crippen molar-refractivity contribution in [3.63, 3.8) is 0 Å². The highest BCUT2D eigenvalue weighted by atomic mass is 19.4. The van der Waals surface area contributed by atoms with Crippen molar-refractivity contribution in [3.8, 4) is 0 Å². The number of aromatic nitrogens is 6. The molecule has 2 N–H and O–H groups in total. The van der Waals surface area contributed by atoms with E-state index in [1.165, 1.54) is 15.6 Å². The minimum absolute atomic E-state index is 0.190. The monoisotopic (exact) mass is 341 g/mol. The zero-order chi connectivity index (χ0) is 17.5. The van der Waals surface area contributed by atoms with Crippen LogP contribution in [-0.4, -0.2) is 36.1 Å². The molecular formula is C13H14F3N7O. The van der Waals surface area contributed by atoms with Crippen molar-refractivity contribution in [1.82, 2.24) is 29.5 Å². The van der Waals surface area contributed by atoms with E-state index in [0.29, 0.717) is 16.7 Å². The van der Waals surface area contributed by atoms with Gasteiger partial charge in [-0.15, -0.1) is 0 Å². The molecule has 0 aliphatic heterocycles. The van der Waals surface area contributed by atoms with Crippen LogP contribution in [0, 0.1) is 6.92 Å². The third-order valence-electron chi connectivity index (χ3n) is 3.49. The third-order valence-corrected chi connectivity index (χ3v) is 3.49. The van der Waals surface area contributed by atoms with Gasteiger partial charge in [-0.1, -0.05) is 0 Å². The zero-order valence-corrected chi connectivity index (χ0v) is 12.8. The van der Waals surface area contributed by atoms with Gasteiger partial charge in [0, 0.05) is 19.3 Å². The number of nitrogens with zero attached hydrogens (tertiary/aromatic N) is 5. The molecule has 3 aromatic rings. The maximum atomic E-state index is 12.6. The minimum atomic E-state index is -4.47. The Hall–Kier alpha value is -2.85. The second kappa shape index (κ2) is 5.65. The lowest BCUT2D eigenvalue weighted by Crippen LogP contribution is -2.18. The fourth-order valence-corrected chi connectivity index (χ4v) is 2.27. The van der Waals surface area contributed by atoms with Gasteiger partial charge in [0.25, 0.3) is 5.56 Å². The number of hydrogen-bond acceptors (Lipinski definition) is 5. The Morgan fingerprint density at radius 2 is 2.12 bits per heavy atom. The summed E-state index contributed by atoms with van der Waals surface area (Å²) in [4.78, 5) is 18.7. The molecule has 0 aliphatic carbocycles. The fourth-order valence-electron chi connectivity index (χ4n) is 2.27. The Labute approximate surface area is 133 Å². The smallest absolute Gasteiger partial charge is 0.354 e. The molecule has 0 aromatic carbocycles. The molecule has 11 heteroatoms. The van der Waals surface area contributed by atoms with E-state index in [1.54, 1.807) is 14.0 Å². The summed E-state index contributed by atoms with van der Waals surface area (Å²) >= 11 is 0. The molecule has 128 valence electrons. The van der Waals surface area contributed by atoms with Gasteiger partial charge in [-0.25, -0.2) is 0 Å². The van der Waals surface area contributed by atoms with Crippen LogP contribution < -0.4 is 10.9 Å². The Kier molecular flexibility index (Phi) is 3.78. The van der Waals surface area contributed by atoms with E-state index in [0.717, 1.165) is 6.07 Å². The molecule has 0 saturated heterocycles. The number of fused-ring (bicyclic) bond motifs is 1. The summed E-state index contributed by atoms with van der Waals surface area (Å²) in [6.07, 6.45) is -3.06. The van der Waals surface area contributed by atoms with E-state index in [1.807, 2.05) is 0 Å². The van der Waals surface area contributed by atoms with Crippen LogP contribution in [0.1, 0.15) is 11.4 Å².